The van der Waals surface area contributed by atoms with Gasteiger partial charge in [-0.3, -0.25) is 0 Å². The van der Waals surface area contributed by atoms with E-state index < -0.39 is 0 Å². The van der Waals surface area contributed by atoms with Gasteiger partial charge in [0.05, 0.1) is 5.60 Å². The minimum absolute atomic E-state index is 0.150. The Bertz CT molecular complexity index is 1170. The van der Waals surface area contributed by atoms with Crippen LogP contribution in [-0.4, -0.2) is 6.61 Å². The van der Waals surface area contributed by atoms with E-state index in [2.05, 4.69) is 101 Å². The average molecular weight is 435 g/mol. The summed E-state index contributed by atoms with van der Waals surface area (Å²) in [7, 11) is 0. The van der Waals surface area contributed by atoms with E-state index in [-0.39, 0.29) is 11.0 Å². The van der Waals surface area contributed by atoms with Gasteiger partial charge in [-0.1, -0.05) is 45.0 Å². The molecule has 0 aliphatic carbocycles. The van der Waals surface area contributed by atoms with Crippen molar-refractivity contribution in [3.63, 3.8) is 0 Å². The van der Waals surface area contributed by atoms with Gasteiger partial charge in [-0.05, 0) is 88.7 Å². The Morgan fingerprint density at radius 2 is 1.20 bits per heavy atom. The van der Waals surface area contributed by atoms with Crippen LogP contribution < -0.4 is 0 Å². The van der Waals surface area contributed by atoms with Crippen molar-refractivity contribution in [3.8, 4) is 20.9 Å². The van der Waals surface area contributed by atoms with Crippen molar-refractivity contribution in [2.24, 2.45) is 0 Å². The summed E-state index contributed by atoms with van der Waals surface area (Å²) in [6.45, 7) is 13.9. The van der Waals surface area contributed by atoms with Gasteiger partial charge in [0, 0.05) is 21.9 Å². The van der Waals surface area contributed by atoms with Crippen molar-refractivity contribution in [1.29, 1.82) is 0 Å². The molecule has 2 aromatic carbocycles. The number of hydrogen-bond acceptors (Lipinski definition) is 3. The summed E-state index contributed by atoms with van der Waals surface area (Å²) in [6, 6.07) is 18.2. The van der Waals surface area contributed by atoms with Crippen LogP contribution >= 0.6 is 22.7 Å². The molecule has 0 spiro atoms. The molecule has 0 aliphatic heterocycles. The van der Waals surface area contributed by atoms with Gasteiger partial charge in [-0.15, -0.1) is 22.7 Å². The third-order valence-corrected chi connectivity index (χ3v) is 7.58. The van der Waals surface area contributed by atoms with E-state index >= 15 is 0 Å². The van der Waals surface area contributed by atoms with Crippen LogP contribution in [0, 0.1) is 0 Å². The first kappa shape index (κ1) is 21.3. The molecule has 4 rings (SSSR count). The largest absolute Gasteiger partial charge is 0.371 e. The van der Waals surface area contributed by atoms with Gasteiger partial charge in [0.25, 0.3) is 0 Å². The highest BCUT2D eigenvalue weighted by atomic mass is 32.1. The first-order chi connectivity index (χ1) is 14.2. The Morgan fingerprint density at radius 3 is 1.70 bits per heavy atom. The summed E-state index contributed by atoms with van der Waals surface area (Å²) in [4.78, 5) is 2.68. The Hall–Kier alpha value is -1.94. The van der Waals surface area contributed by atoms with Gasteiger partial charge in [0.15, 0.2) is 0 Å². The van der Waals surface area contributed by atoms with Crippen molar-refractivity contribution < 1.29 is 4.74 Å². The highest BCUT2D eigenvalue weighted by molar-refractivity contribution is 7.14. The molecule has 3 heteroatoms. The second-order valence-electron chi connectivity index (χ2n) is 9.30. The van der Waals surface area contributed by atoms with Gasteiger partial charge >= 0.3 is 0 Å². The summed E-state index contributed by atoms with van der Waals surface area (Å²) < 4.78 is 6.03. The second-order valence-corrected chi connectivity index (χ2v) is 11.1. The zero-order chi connectivity index (χ0) is 21.5. The monoisotopic (exact) mass is 434 g/mol. The number of fused-ring (bicyclic) bond motifs is 1. The van der Waals surface area contributed by atoms with Crippen molar-refractivity contribution >= 4 is 33.4 Å². The molecule has 4 aromatic rings. The minimum atomic E-state index is -0.286. The second kappa shape index (κ2) is 7.96. The predicted octanol–water partition coefficient (Wildman–Crippen LogP) is 8.87. The first-order valence-corrected chi connectivity index (χ1v) is 12.3. The average Bonchev–Trinajstić information content (AvgIpc) is 3.37. The summed E-state index contributed by atoms with van der Waals surface area (Å²) >= 11 is 3.63. The minimum Gasteiger partial charge on any atom is -0.371 e. The highest BCUT2D eigenvalue weighted by Crippen LogP contribution is 2.41. The fourth-order valence-corrected chi connectivity index (χ4v) is 6.25. The van der Waals surface area contributed by atoms with Gasteiger partial charge in [-0.25, -0.2) is 0 Å². The number of thiophene rings is 2. The molecular formula is C27H30OS2. The van der Waals surface area contributed by atoms with Crippen LogP contribution in [0.1, 0.15) is 52.7 Å². The number of ether oxygens (including phenoxy) is 1. The van der Waals surface area contributed by atoms with Crippen LogP contribution in [0.15, 0.2) is 59.3 Å². The van der Waals surface area contributed by atoms with Gasteiger partial charge in [0.2, 0.25) is 0 Å². The molecule has 0 amide bonds. The molecule has 0 saturated heterocycles. The molecule has 0 fully saturated rings. The third kappa shape index (κ3) is 3.99. The fourth-order valence-electron chi connectivity index (χ4n) is 4.10. The highest BCUT2D eigenvalue weighted by Gasteiger charge is 2.25. The molecule has 0 aliphatic rings. The maximum atomic E-state index is 6.03. The quantitative estimate of drug-likeness (QED) is 0.305. The van der Waals surface area contributed by atoms with Crippen LogP contribution in [-0.2, 0) is 15.8 Å². The molecular weight excluding hydrogens is 404 g/mol. The number of rotatable bonds is 5. The first-order valence-electron chi connectivity index (χ1n) is 10.5. The molecule has 0 radical (unpaired) electrons. The van der Waals surface area contributed by atoms with E-state index in [0.29, 0.717) is 6.61 Å². The van der Waals surface area contributed by atoms with Crippen LogP contribution in [0.25, 0.3) is 31.7 Å². The summed E-state index contributed by atoms with van der Waals surface area (Å²) in [5, 5.41) is 6.94. The van der Waals surface area contributed by atoms with E-state index in [1.54, 1.807) is 11.3 Å². The van der Waals surface area contributed by atoms with E-state index in [1.807, 2.05) is 11.3 Å². The topological polar surface area (TPSA) is 9.23 Å². The molecule has 2 heterocycles. The lowest BCUT2D eigenvalue weighted by atomic mass is 9.86. The number of hydrogen-bond donors (Lipinski definition) is 0. The van der Waals surface area contributed by atoms with Crippen molar-refractivity contribution in [2.45, 2.75) is 52.6 Å². The van der Waals surface area contributed by atoms with E-state index in [9.17, 15) is 0 Å². The predicted molar refractivity (Wildman–Crippen MR) is 134 cm³/mol. The SMILES string of the molecule is CCOC(C)(C)c1ccsc1-c1ccc2cc(-c3sccc3C(C)(C)C)ccc2c1. The van der Waals surface area contributed by atoms with Crippen LogP contribution in [0.3, 0.4) is 0 Å². The Morgan fingerprint density at radius 1 is 0.700 bits per heavy atom. The van der Waals surface area contributed by atoms with Crippen molar-refractivity contribution in [2.75, 3.05) is 6.61 Å². The molecule has 0 unspecified atom stereocenters. The molecule has 0 N–H and O–H groups in total. The van der Waals surface area contributed by atoms with E-state index in [0.717, 1.165) is 0 Å². The normalized spacial score (nSPS) is 12.6. The van der Waals surface area contributed by atoms with Gasteiger partial charge < -0.3 is 4.74 Å². The molecule has 2 aromatic heterocycles. The van der Waals surface area contributed by atoms with E-state index in [4.69, 9.17) is 4.74 Å². The van der Waals surface area contributed by atoms with Crippen LogP contribution in [0.2, 0.25) is 0 Å². The Balaban J connectivity index is 1.75. The lowest BCUT2D eigenvalue weighted by molar-refractivity contribution is -0.0133. The van der Waals surface area contributed by atoms with Gasteiger partial charge in [-0.2, -0.15) is 0 Å². The summed E-state index contributed by atoms with van der Waals surface area (Å²) in [5.74, 6) is 0. The molecule has 156 valence electrons. The summed E-state index contributed by atoms with van der Waals surface area (Å²) in [6.07, 6.45) is 0. The smallest absolute Gasteiger partial charge is 0.0889 e. The summed E-state index contributed by atoms with van der Waals surface area (Å²) in [5.41, 5.74) is 5.12. The molecule has 0 bridgehead atoms. The maximum absolute atomic E-state index is 6.03. The zero-order valence-electron chi connectivity index (χ0n) is 18.7. The molecule has 0 atom stereocenters. The maximum Gasteiger partial charge on any atom is 0.0889 e. The Kier molecular flexibility index (Phi) is 5.65. The Labute approximate surface area is 188 Å². The van der Waals surface area contributed by atoms with Gasteiger partial charge in [0.1, 0.15) is 0 Å². The standard InChI is InChI=1S/C27H30OS2/c1-7-28-27(5,6)23-13-15-30-25(23)21-11-9-18-16-20(10-8-19(18)17-21)24-22(12-14-29-24)26(2,3)4/h8-17H,7H2,1-6H3. The molecule has 1 nitrogen and oxygen atoms in total. The lowest BCUT2D eigenvalue weighted by Crippen LogP contribution is -2.21. The zero-order valence-corrected chi connectivity index (χ0v) is 20.3. The van der Waals surface area contributed by atoms with Crippen molar-refractivity contribution in [1.82, 2.24) is 0 Å². The van der Waals surface area contributed by atoms with Crippen LogP contribution in [0.5, 0.6) is 0 Å². The molecule has 30 heavy (non-hydrogen) atoms. The molecule has 0 saturated carbocycles. The third-order valence-electron chi connectivity index (χ3n) is 5.66. The van der Waals surface area contributed by atoms with Crippen molar-refractivity contribution in [3.05, 3.63) is 70.4 Å². The number of benzene rings is 2. The fraction of sp³-hybridized carbons (Fsp3) is 0.333. The lowest BCUT2D eigenvalue weighted by Gasteiger charge is -2.25. The van der Waals surface area contributed by atoms with Crippen LogP contribution in [0.4, 0.5) is 0 Å². The van der Waals surface area contributed by atoms with E-state index in [1.165, 1.54) is 42.8 Å².